The first kappa shape index (κ1) is 15.0. The average Bonchev–Trinajstić information content (AvgIpc) is 2.22. The topological polar surface area (TPSA) is 38.3 Å². The van der Waals surface area contributed by atoms with E-state index in [2.05, 4.69) is 32.7 Å². The molecule has 1 atom stereocenters. The molecule has 0 aliphatic rings. The molecule has 3 heteroatoms. The lowest BCUT2D eigenvalue weighted by Gasteiger charge is -2.24. The summed E-state index contributed by atoms with van der Waals surface area (Å²) in [5.41, 5.74) is 0. The maximum atomic E-state index is 11.6. The van der Waals surface area contributed by atoms with Crippen molar-refractivity contribution in [1.82, 2.24) is 5.32 Å². The molecule has 1 unspecified atom stereocenters. The van der Waals surface area contributed by atoms with Gasteiger partial charge in [-0.15, -0.1) is 0 Å². The Morgan fingerprint density at radius 1 is 1.38 bits per heavy atom. The quantitative estimate of drug-likeness (QED) is 0.647. The van der Waals surface area contributed by atoms with Crippen molar-refractivity contribution in [2.24, 2.45) is 5.92 Å². The Hall–Kier alpha value is -0.990. The molecule has 1 amide bonds. The van der Waals surface area contributed by atoms with Gasteiger partial charge in [-0.2, -0.15) is 0 Å². The first-order chi connectivity index (χ1) is 7.52. The molecule has 0 spiro atoms. The predicted molar refractivity (Wildman–Crippen MR) is 67.1 cm³/mol. The third kappa shape index (κ3) is 5.79. The normalized spacial score (nSPS) is 12.3. The van der Waals surface area contributed by atoms with E-state index < -0.39 is 0 Å². The molecule has 94 valence electrons. The Morgan fingerprint density at radius 3 is 2.44 bits per heavy atom. The fraction of sp³-hybridized carbons (Fsp3) is 0.769. The van der Waals surface area contributed by atoms with Gasteiger partial charge >= 0.3 is 0 Å². The molecule has 0 aliphatic heterocycles. The van der Waals surface area contributed by atoms with Crippen LogP contribution in [0.15, 0.2) is 12.3 Å². The van der Waals surface area contributed by atoms with E-state index >= 15 is 0 Å². The molecule has 0 saturated carbocycles. The first-order valence-electron chi connectivity index (χ1n) is 6.13. The Morgan fingerprint density at radius 2 is 2.00 bits per heavy atom. The average molecular weight is 227 g/mol. The van der Waals surface area contributed by atoms with Gasteiger partial charge in [0.15, 0.2) is 0 Å². The molecule has 0 radical (unpaired) electrons. The van der Waals surface area contributed by atoms with Crippen LogP contribution < -0.4 is 5.32 Å². The summed E-state index contributed by atoms with van der Waals surface area (Å²) >= 11 is 0. The van der Waals surface area contributed by atoms with E-state index in [0.29, 0.717) is 24.7 Å². The summed E-state index contributed by atoms with van der Waals surface area (Å²) in [6.07, 6.45) is 2.54. The summed E-state index contributed by atoms with van der Waals surface area (Å²) in [6.45, 7) is 12.5. The minimum absolute atomic E-state index is 0.0793. The number of hydrogen-bond acceptors (Lipinski definition) is 2. The zero-order valence-electron chi connectivity index (χ0n) is 11.0. The van der Waals surface area contributed by atoms with E-state index in [9.17, 15) is 4.79 Å². The maximum Gasteiger partial charge on any atom is 0.220 e. The molecule has 0 fully saturated rings. The third-order valence-electron chi connectivity index (χ3n) is 2.42. The number of unbranched alkanes of at least 4 members (excludes halogenated alkanes) is 1. The van der Waals surface area contributed by atoms with Crippen molar-refractivity contribution >= 4 is 5.91 Å². The minimum Gasteiger partial charge on any atom is -0.497 e. The summed E-state index contributed by atoms with van der Waals surface area (Å²) in [7, 11) is 0. The van der Waals surface area contributed by atoms with Crippen molar-refractivity contribution in [3.63, 3.8) is 0 Å². The van der Waals surface area contributed by atoms with E-state index in [1.165, 1.54) is 0 Å². The number of nitrogens with one attached hydrogen (secondary N) is 1. The molecule has 0 rings (SSSR count). The number of carbonyl (C=O) groups excluding carboxylic acids is 1. The van der Waals surface area contributed by atoms with Gasteiger partial charge in [-0.1, -0.05) is 33.8 Å². The van der Waals surface area contributed by atoms with Gasteiger partial charge in [-0.3, -0.25) is 4.79 Å². The van der Waals surface area contributed by atoms with Crippen LogP contribution in [0.5, 0.6) is 0 Å². The Balaban J connectivity index is 4.22. The Bertz CT molecular complexity index is 224. The lowest BCUT2D eigenvalue weighted by molar-refractivity contribution is -0.122. The molecule has 0 aromatic rings. The van der Waals surface area contributed by atoms with Crippen LogP contribution in [0.25, 0.3) is 0 Å². The molecular formula is C13H25NO2. The summed E-state index contributed by atoms with van der Waals surface area (Å²) < 4.78 is 5.36. The lowest BCUT2D eigenvalue weighted by atomic mass is 10.0. The molecule has 0 aliphatic carbocycles. The van der Waals surface area contributed by atoms with Gasteiger partial charge in [-0.05, 0) is 19.3 Å². The van der Waals surface area contributed by atoms with Crippen molar-refractivity contribution in [2.75, 3.05) is 6.61 Å². The maximum absolute atomic E-state index is 11.6. The van der Waals surface area contributed by atoms with Crippen molar-refractivity contribution < 1.29 is 9.53 Å². The molecule has 0 bridgehead atoms. The van der Waals surface area contributed by atoms with Gasteiger partial charge < -0.3 is 10.1 Å². The van der Waals surface area contributed by atoms with Gasteiger partial charge in [0.2, 0.25) is 5.91 Å². The number of rotatable bonds is 8. The lowest BCUT2D eigenvalue weighted by Crippen LogP contribution is -2.40. The van der Waals surface area contributed by atoms with E-state index in [1.54, 1.807) is 0 Å². The highest BCUT2D eigenvalue weighted by Gasteiger charge is 2.19. The molecule has 0 aromatic carbocycles. The first-order valence-corrected chi connectivity index (χ1v) is 6.13. The second-order valence-corrected chi connectivity index (χ2v) is 4.29. The fourth-order valence-electron chi connectivity index (χ4n) is 1.48. The van der Waals surface area contributed by atoms with Crippen LogP contribution in [-0.4, -0.2) is 18.6 Å². The SMILES string of the molecule is C=C(OCC)C(NC(=O)CCCC)C(C)C. The molecule has 16 heavy (non-hydrogen) atoms. The number of carbonyl (C=O) groups is 1. The monoisotopic (exact) mass is 227 g/mol. The summed E-state index contributed by atoms with van der Waals surface area (Å²) in [6, 6.07) is -0.0793. The van der Waals surface area contributed by atoms with Gasteiger partial charge in [-0.25, -0.2) is 0 Å². The van der Waals surface area contributed by atoms with Gasteiger partial charge in [0.05, 0.1) is 12.6 Å². The molecule has 0 saturated heterocycles. The highest BCUT2D eigenvalue weighted by Crippen LogP contribution is 2.12. The van der Waals surface area contributed by atoms with Crippen LogP contribution in [0, 0.1) is 5.92 Å². The zero-order valence-corrected chi connectivity index (χ0v) is 11.0. The molecule has 3 nitrogen and oxygen atoms in total. The van der Waals surface area contributed by atoms with Crippen LogP contribution in [0.1, 0.15) is 47.0 Å². The number of hydrogen-bond donors (Lipinski definition) is 1. The van der Waals surface area contributed by atoms with Crippen LogP contribution in [0.2, 0.25) is 0 Å². The Labute approximate surface area is 99.3 Å². The van der Waals surface area contributed by atoms with Crippen molar-refractivity contribution in [3.8, 4) is 0 Å². The summed E-state index contributed by atoms with van der Waals surface area (Å²) in [4.78, 5) is 11.6. The summed E-state index contributed by atoms with van der Waals surface area (Å²) in [5.74, 6) is 1.04. The van der Waals surface area contributed by atoms with Crippen molar-refractivity contribution in [1.29, 1.82) is 0 Å². The standard InChI is InChI=1S/C13H25NO2/c1-6-8-9-12(15)14-13(10(3)4)11(5)16-7-2/h10,13H,5-9H2,1-4H3,(H,14,15). The van der Waals surface area contributed by atoms with E-state index in [1.807, 2.05) is 6.92 Å². The van der Waals surface area contributed by atoms with Crippen molar-refractivity contribution in [2.45, 2.75) is 53.0 Å². The van der Waals surface area contributed by atoms with Crippen molar-refractivity contribution in [3.05, 3.63) is 12.3 Å². The highest BCUT2D eigenvalue weighted by molar-refractivity contribution is 5.76. The largest absolute Gasteiger partial charge is 0.497 e. The second kappa shape index (κ2) is 8.20. The third-order valence-corrected chi connectivity index (χ3v) is 2.42. The van der Waals surface area contributed by atoms with E-state index in [-0.39, 0.29) is 11.9 Å². The minimum atomic E-state index is -0.0793. The van der Waals surface area contributed by atoms with Crippen LogP contribution in [0.4, 0.5) is 0 Å². The molecule has 0 heterocycles. The van der Waals surface area contributed by atoms with Crippen LogP contribution in [-0.2, 0) is 9.53 Å². The number of amides is 1. The zero-order chi connectivity index (χ0) is 12.6. The van der Waals surface area contributed by atoms with Crippen LogP contribution >= 0.6 is 0 Å². The predicted octanol–water partition coefficient (Wildman–Crippen LogP) is 2.87. The second-order valence-electron chi connectivity index (χ2n) is 4.29. The molecule has 1 N–H and O–H groups in total. The van der Waals surface area contributed by atoms with Gasteiger partial charge in [0, 0.05) is 6.42 Å². The molecule has 0 aromatic heterocycles. The van der Waals surface area contributed by atoms with Gasteiger partial charge in [0.1, 0.15) is 5.76 Å². The van der Waals surface area contributed by atoms with E-state index in [0.717, 1.165) is 12.8 Å². The fourth-order valence-corrected chi connectivity index (χ4v) is 1.48. The number of ether oxygens (including phenoxy) is 1. The smallest absolute Gasteiger partial charge is 0.220 e. The highest BCUT2D eigenvalue weighted by atomic mass is 16.5. The summed E-state index contributed by atoms with van der Waals surface area (Å²) in [5, 5.41) is 2.97. The van der Waals surface area contributed by atoms with Gasteiger partial charge in [0.25, 0.3) is 0 Å². The molecular weight excluding hydrogens is 202 g/mol. The van der Waals surface area contributed by atoms with Crippen LogP contribution in [0.3, 0.4) is 0 Å². The van der Waals surface area contributed by atoms with E-state index in [4.69, 9.17) is 4.74 Å². The Kier molecular flexibility index (Phi) is 7.69.